The number of thiophene rings is 1. The van der Waals surface area contributed by atoms with E-state index in [2.05, 4.69) is 39.1 Å². The lowest BCUT2D eigenvalue weighted by molar-refractivity contribution is -0.126. The molecular formula is C22H28N6OS. The summed E-state index contributed by atoms with van der Waals surface area (Å²) in [5, 5.41) is 8.89. The zero-order valence-corrected chi connectivity index (χ0v) is 18.6. The van der Waals surface area contributed by atoms with Crippen LogP contribution in [0.5, 0.6) is 0 Å². The molecule has 1 unspecified atom stereocenters. The zero-order chi connectivity index (χ0) is 20.8. The predicted molar refractivity (Wildman–Crippen MR) is 119 cm³/mol. The standard InChI is InChI=1S/C22H28N6OS/c1-13-14(2)30-22-19(13)20(23-12-24-22)28-9-7-15(8-10-28)21(29)26-17-5-4-6-18-16(17)11-25-27(18)3/h11-12,15,17H,4-10H2,1-3H3,(H,26,29). The molecule has 0 aromatic carbocycles. The van der Waals surface area contributed by atoms with Gasteiger partial charge in [-0.3, -0.25) is 9.48 Å². The normalized spacial score (nSPS) is 19.8. The van der Waals surface area contributed by atoms with Crippen molar-refractivity contribution in [2.45, 2.75) is 52.0 Å². The van der Waals surface area contributed by atoms with Crippen LogP contribution < -0.4 is 10.2 Å². The van der Waals surface area contributed by atoms with Gasteiger partial charge in [0.1, 0.15) is 17.0 Å². The van der Waals surface area contributed by atoms with Crippen molar-refractivity contribution in [3.8, 4) is 0 Å². The first-order valence-electron chi connectivity index (χ1n) is 10.8. The Morgan fingerprint density at radius 3 is 2.80 bits per heavy atom. The third kappa shape index (κ3) is 3.27. The van der Waals surface area contributed by atoms with Gasteiger partial charge in [0.15, 0.2) is 0 Å². The van der Waals surface area contributed by atoms with Crippen LogP contribution in [-0.4, -0.2) is 38.7 Å². The van der Waals surface area contributed by atoms with E-state index in [1.165, 1.54) is 27.1 Å². The van der Waals surface area contributed by atoms with Crippen molar-refractivity contribution in [3.63, 3.8) is 0 Å². The molecule has 0 spiro atoms. The first kappa shape index (κ1) is 19.5. The number of carbonyl (C=O) groups is 1. The summed E-state index contributed by atoms with van der Waals surface area (Å²) in [6.07, 6.45) is 8.44. The van der Waals surface area contributed by atoms with Crippen LogP contribution in [0.4, 0.5) is 5.82 Å². The van der Waals surface area contributed by atoms with Crippen molar-refractivity contribution in [2.75, 3.05) is 18.0 Å². The highest BCUT2D eigenvalue weighted by atomic mass is 32.1. The Balaban J connectivity index is 1.26. The Kier molecular flexibility index (Phi) is 4.97. The molecule has 0 bridgehead atoms. The minimum Gasteiger partial charge on any atom is -0.356 e. The zero-order valence-electron chi connectivity index (χ0n) is 17.8. The first-order chi connectivity index (χ1) is 14.5. The Hall–Kier alpha value is -2.48. The molecule has 8 heteroatoms. The second kappa shape index (κ2) is 7.65. The molecule has 2 aliphatic rings. The van der Waals surface area contributed by atoms with E-state index in [0.29, 0.717) is 0 Å². The number of piperidine rings is 1. The minimum absolute atomic E-state index is 0.0610. The van der Waals surface area contributed by atoms with E-state index in [-0.39, 0.29) is 17.9 Å². The molecule has 7 nitrogen and oxygen atoms in total. The summed E-state index contributed by atoms with van der Waals surface area (Å²) in [7, 11) is 1.99. The van der Waals surface area contributed by atoms with Crippen LogP contribution in [-0.2, 0) is 18.3 Å². The third-order valence-corrected chi connectivity index (χ3v) is 7.92. The minimum atomic E-state index is 0.0610. The molecule has 3 aromatic heterocycles. The molecule has 5 rings (SSSR count). The van der Waals surface area contributed by atoms with E-state index in [9.17, 15) is 4.79 Å². The monoisotopic (exact) mass is 424 g/mol. The van der Waals surface area contributed by atoms with E-state index in [0.717, 1.165) is 55.8 Å². The second-order valence-electron chi connectivity index (χ2n) is 8.55. The smallest absolute Gasteiger partial charge is 0.223 e. The molecule has 0 saturated carbocycles. The van der Waals surface area contributed by atoms with Gasteiger partial charge in [-0.2, -0.15) is 5.10 Å². The molecule has 158 valence electrons. The number of hydrogen-bond donors (Lipinski definition) is 1. The average molecular weight is 425 g/mol. The first-order valence-corrected chi connectivity index (χ1v) is 11.6. The average Bonchev–Trinajstić information content (AvgIpc) is 3.28. The number of hydrogen-bond acceptors (Lipinski definition) is 6. The molecule has 1 atom stereocenters. The second-order valence-corrected chi connectivity index (χ2v) is 9.75. The summed E-state index contributed by atoms with van der Waals surface area (Å²) >= 11 is 1.73. The third-order valence-electron chi connectivity index (χ3n) is 6.80. The van der Waals surface area contributed by atoms with E-state index in [1.54, 1.807) is 17.7 Å². The van der Waals surface area contributed by atoms with Gasteiger partial charge in [-0.1, -0.05) is 0 Å². The Morgan fingerprint density at radius 1 is 1.20 bits per heavy atom. The lowest BCUT2D eigenvalue weighted by Crippen LogP contribution is -2.42. The summed E-state index contributed by atoms with van der Waals surface area (Å²) < 4.78 is 1.95. The maximum absolute atomic E-state index is 13.0. The number of nitrogens with zero attached hydrogens (tertiary/aromatic N) is 5. The van der Waals surface area contributed by atoms with Crippen molar-refractivity contribution in [1.82, 2.24) is 25.1 Å². The highest BCUT2D eigenvalue weighted by Crippen LogP contribution is 2.36. The Morgan fingerprint density at radius 2 is 2.00 bits per heavy atom. The van der Waals surface area contributed by atoms with Crippen molar-refractivity contribution in [1.29, 1.82) is 0 Å². The van der Waals surface area contributed by atoms with Gasteiger partial charge < -0.3 is 10.2 Å². The van der Waals surface area contributed by atoms with E-state index < -0.39 is 0 Å². The summed E-state index contributed by atoms with van der Waals surface area (Å²) in [6, 6.07) is 0.103. The number of nitrogens with one attached hydrogen (secondary N) is 1. The van der Waals surface area contributed by atoms with Crippen LogP contribution in [0.1, 0.15) is 53.4 Å². The van der Waals surface area contributed by atoms with Crippen molar-refractivity contribution in [2.24, 2.45) is 13.0 Å². The van der Waals surface area contributed by atoms with Gasteiger partial charge in [0, 0.05) is 42.2 Å². The molecule has 30 heavy (non-hydrogen) atoms. The van der Waals surface area contributed by atoms with Crippen LogP contribution >= 0.6 is 11.3 Å². The molecule has 0 radical (unpaired) electrons. The van der Waals surface area contributed by atoms with Crippen LogP contribution in [0.2, 0.25) is 0 Å². The van der Waals surface area contributed by atoms with Crippen LogP contribution in [0, 0.1) is 19.8 Å². The number of rotatable bonds is 3. The van der Waals surface area contributed by atoms with Gasteiger partial charge in [-0.15, -0.1) is 11.3 Å². The number of aromatic nitrogens is 4. The van der Waals surface area contributed by atoms with E-state index >= 15 is 0 Å². The summed E-state index contributed by atoms with van der Waals surface area (Å²) in [5.74, 6) is 1.27. The molecule has 1 aliphatic carbocycles. The predicted octanol–water partition coefficient (Wildman–Crippen LogP) is 3.45. The summed E-state index contributed by atoms with van der Waals surface area (Å²) in [4.78, 5) is 26.8. The van der Waals surface area contributed by atoms with Crippen molar-refractivity contribution in [3.05, 3.63) is 34.2 Å². The quantitative estimate of drug-likeness (QED) is 0.697. The Bertz CT molecular complexity index is 1090. The van der Waals surface area contributed by atoms with Gasteiger partial charge in [0.2, 0.25) is 5.91 Å². The number of fused-ring (bicyclic) bond motifs is 2. The van der Waals surface area contributed by atoms with Gasteiger partial charge in [-0.25, -0.2) is 9.97 Å². The molecule has 1 N–H and O–H groups in total. The molecule has 4 heterocycles. The van der Waals surface area contributed by atoms with E-state index in [4.69, 9.17) is 0 Å². The van der Waals surface area contributed by atoms with Crippen molar-refractivity contribution >= 4 is 33.3 Å². The molecule has 1 aliphatic heterocycles. The van der Waals surface area contributed by atoms with Crippen LogP contribution in [0.15, 0.2) is 12.5 Å². The van der Waals surface area contributed by atoms with Crippen LogP contribution in [0.25, 0.3) is 10.2 Å². The fourth-order valence-electron chi connectivity index (χ4n) is 4.90. The fourth-order valence-corrected chi connectivity index (χ4v) is 5.89. The highest BCUT2D eigenvalue weighted by Gasteiger charge is 2.31. The topological polar surface area (TPSA) is 75.9 Å². The lowest BCUT2D eigenvalue weighted by atomic mass is 9.91. The van der Waals surface area contributed by atoms with Gasteiger partial charge in [0.05, 0.1) is 17.6 Å². The van der Waals surface area contributed by atoms with Crippen molar-refractivity contribution < 1.29 is 4.79 Å². The molecule has 1 saturated heterocycles. The fraction of sp³-hybridized carbons (Fsp3) is 0.545. The molecule has 3 aromatic rings. The largest absolute Gasteiger partial charge is 0.356 e. The Labute approximate surface area is 180 Å². The number of aryl methyl sites for hydroxylation is 3. The SMILES string of the molecule is Cc1sc2ncnc(N3CCC(C(=O)NC4CCCc5c4cnn5C)CC3)c2c1C. The number of anilines is 1. The maximum Gasteiger partial charge on any atom is 0.223 e. The highest BCUT2D eigenvalue weighted by molar-refractivity contribution is 7.18. The van der Waals surface area contributed by atoms with Crippen LogP contribution in [0.3, 0.4) is 0 Å². The molecule has 1 amide bonds. The molecular weight excluding hydrogens is 396 g/mol. The number of carbonyl (C=O) groups excluding carboxylic acids is 1. The van der Waals surface area contributed by atoms with Gasteiger partial charge >= 0.3 is 0 Å². The maximum atomic E-state index is 13.0. The van der Waals surface area contributed by atoms with E-state index in [1.807, 2.05) is 17.9 Å². The van der Waals surface area contributed by atoms with Gasteiger partial charge in [0.25, 0.3) is 0 Å². The molecule has 1 fully saturated rings. The summed E-state index contributed by atoms with van der Waals surface area (Å²) in [6.45, 7) is 5.99. The summed E-state index contributed by atoms with van der Waals surface area (Å²) in [5.41, 5.74) is 3.73. The number of amides is 1. The lowest BCUT2D eigenvalue weighted by Gasteiger charge is -2.33. The van der Waals surface area contributed by atoms with Gasteiger partial charge in [-0.05, 0) is 51.5 Å².